The van der Waals surface area contributed by atoms with Crippen LogP contribution in [0.5, 0.6) is 0 Å². The summed E-state index contributed by atoms with van der Waals surface area (Å²) in [7, 11) is 0. The first kappa shape index (κ1) is 10.6. The Balaban J connectivity index is 2.15. The van der Waals surface area contributed by atoms with Gasteiger partial charge in [-0.2, -0.15) is 5.26 Å². The van der Waals surface area contributed by atoms with Crippen LogP contribution < -0.4 is 0 Å². The van der Waals surface area contributed by atoms with Crippen molar-refractivity contribution >= 4 is 11.8 Å². The molecule has 16 heavy (non-hydrogen) atoms. The highest BCUT2D eigenvalue weighted by Gasteiger charge is 2.00. The van der Waals surface area contributed by atoms with Gasteiger partial charge < -0.3 is 0 Å². The monoisotopic (exact) mass is 228 g/mol. The summed E-state index contributed by atoms with van der Waals surface area (Å²) in [4.78, 5) is 13.2. The van der Waals surface area contributed by atoms with Gasteiger partial charge in [0.1, 0.15) is 11.8 Å². The molecule has 0 amide bonds. The van der Waals surface area contributed by atoms with Gasteiger partial charge in [0.15, 0.2) is 5.16 Å². The fourth-order valence-corrected chi connectivity index (χ4v) is 1.71. The van der Waals surface area contributed by atoms with Gasteiger partial charge in [-0.25, -0.2) is 15.0 Å². The minimum Gasteiger partial charge on any atom is -0.244 e. The molecule has 0 unspecified atom stereocenters. The minimum atomic E-state index is 0.411. The Labute approximate surface area is 97.4 Å². The summed E-state index contributed by atoms with van der Waals surface area (Å²) in [5.74, 6) is 0. The molecule has 2 aromatic heterocycles. The molecule has 2 heterocycles. The average Bonchev–Trinajstić information content (AvgIpc) is 2.33. The van der Waals surface area contributed by atoms with Crippen LogP contribution in [0.25, 0.3) is 0 Å². The van der Waals surface area contributed by atoms with E-state index in [0.29, 0.717) is 10.9 Å². The third-order valence-corrected chi connectivity index (χ3v) is 2.69. The van der Waals surface area contributed by atoms with Crippen LogP contribution in [0.2, 0.25) is 0 Å². The number of aryl methyl sites for hydroxylation is 1. The van der Waals surface area contributed by atoms with E-state index in [0.717, 1.165) is 10.5 Å². The quantitative estimate of drug-likeness (QED) is 0.737. The average molecular weight is 228 g/mol. The summed E-state index contributed by atoms with van der Waals surface area (Å²) in [6.45, 7) is 1.94. The predicted molar refractivity (Wildman–Crippen MR) is 59.8 cm³/mol. The van der Waals surface area contributed by atoms with Crippen LogP contribution in [-0.2, 0) is 0 Å². The molecule has 0 saturated carbocycles. The van der Waals surface area contributed by atoms with Crippen molar-refractivity contribution < 1.29 is 0 Å². The molecule has 0 aliphatic rings. The highest BCUT2D eigenvalue weighted by atomic mass is 32.2. The summed E-state index contributed by atoms with van der Waals surface area (Å²) in [5, 5.41) is 9.28. The van der Waals surface area contributed by atoms with E-state index in [1.807, 2.05) is 19.1 Å². The Bertz CT molecular complexity index is 513. The normalized spacial score (nSPS) is 9.75. The second-order valence-electron chi connectivity index (χ2n) is 3.14. The molecule has 0 aliphatic carbocycles. The van der Waals surface area contributed by atoms with Crippen molar-refractivity contribution in [2.75, 3.05) is 0 Å². The van der Waals surface area contributed by atoms with Crippen molar-refractivity contribution in [3.63, 3.8) is 0 Å². The van der Waals surface area contributed by atoms with E-state index in [4.69, 9.17) is 5.26 Å². The number of aromatic nitrogens is 3. The summed E-state index contributed by atoms with van der Waals surface area (Å²) >= 11 is 1.42. The van der Waals surface area contributed by atoms with E-state index in [1.54, 1.807) is 24.7 Å². The molecule has 0 atom stereocenters. The SMILES string of the molecule is Cc1cnc(Sc2ccc(C#N)nc2)nc1. The molecule has 0 N–H and O–H groups in total. The van der Waals surface area contributed by atoms with Crippen molar-refractivity contribution in [2.45, 2.75) is 17.0 Å². The van der Waals surface area contributed by atoms with Crippen LogP contribution >= 0.6 is 11.8 Å². The molecule has 0 spiro atoms. The van der Waals surface area contributed by atoms with E-state index >= 15 is 0 Å². The van der Waals surface area contributed by atoms with Crippen LogP contribution in [0.1, 0.15) is 11.3 Å². The van der Waals surface area contributed by atoms with Crippen molar-refractivity contribution in [1.29, 1.82) is 5.26 Å². The molecule has 0 saturated heterocycles. The molecule has 2 aromatic rings. The summed E-state index contributed by atoms with van der Waals surface area (Å²) in [6.07, 6.45) is 5.19. The van der Waals surface area contributed by atoms with E-state index in [9.17, 15) is 0 Å². The maximum atomic E-state index is 8.60. The largest absolute Gasteiger partial charge is 0.244 e. The Morgan fingerprint density at radius 1 is 1.12 bits per heavy atom. The van der Waals surface area contributed by atoms with Gasteiger partial charge in [0.25, 0.3) is 0 Å². The van der Waals surface area contributed by atoms with Crippen LogP contribution in [0.3, 0.4) is 0 Å². The Kier molecular flexibility index (Phi) is 3.13. The van der Waals surface area contributed by atoms with Crippen LogP contribution in [-0.4, -0.2) is 15.0 Å². The molecule has 78 valence electrons. The van der Waals surface area contributed by atoms with Crippen molar-refractivity contribution in [3.05, 3.63) is 42.0 Å². The second kappa shape index (κ2) is 4.73. The lowest BCUT2D eigenvalue weighted by atomic mass is 10.4. The lowest BCUT2D eigenvalue weighted by Crippen LogP contribution is -1.87. The highest BCUT2D eigenvalue weighted by Crippen LogP contribution is 2.23. The van der Waals surface area contributed by atoms with E-state index in [1.165, 1.54) is 11.8 Å². The third-order valence-electron chi connectivity index (χ3n) is 1.82. The van der Waals surface area contributed by atoms with Crippen molar-refractivity contribution in [1.82, 2.24) is 15.0 Å². The van der Waals surface area contributed by atoms with Crippen LogP contribution in [0, 0.1) is 18.3 Å². The van der Waals surface area contributed by atoms with Gasteiger partial charge in [-0.15, -0.1) is 0 Å². The molecular weight excluding hydrogens is 220 g/mol. The fourth-order valence-electron chi connectivity index (χ4n) is 1.05. The Hall–Kier alpha value is -1.93. The topological polar surface area (TPSA) is 62.5 Å². The Morgan fingerprint density at radius 2 is 1.88 bits per heavy atom. The maximum absolute atomic E-state index is 8.60. The zero-order valence-electron chi connectivity index (χ0n) is 8.58. The number of rotatable bonds is 2. The maximum Gasteiger partial charge on any atom is 0.192 e. The Morgan fingerprint density at radius 3 is 2.44 bits per heavy atom. The lowest BCUT2D eigenvalue weighted by molar-refractivity contribution is 0.949. The molecular formula is C11H8N4S. The minimum absolute atomic E-state index is 0.411. The zero-order chi connectivity index (χ0) is 11.4. The van der Waals surface area contributed by atoms with E-state index in [2.05, 4.69) is 15.0 Å². The fraction of sp³-hybridized carbons (Fsp3) is 0.0909. The summed E-state index contributed by atoms with van der Waals surface area (Å²) in [6, 6.07) is 5.48. The molecule has 4 nitrogen and oxygen atoms in total. The van der Waals surface area contributed by atoms with E-state index < -0.39 is 0 Å². The standard InChI is InChI=1S/C11H8N4S/c1-8-5-14-11(15-6-8)16-10-3-2-9(4-12)13-7-10/h2-3,5-7H,1H3. The second-order valence-corrected chi connectivity index (χ2v) is 4.18. The van der Waals surface area contributed by atoms with Gasteiger partial charge in [-0.05, 0) is 36.4 Å². The van der Waals surface area contributed by atoms with Gasteiger partial charge in [0, 0.05) is 23.5 Å². The van der Waals surface area contributed by atoms with Crippen molar-refractivity contribution in [3.8, 4) is 6.07 Å². The molecule has 2 rings (SSSR count). The lowest BCUT2D eigenvalue weighted by Gasteiger charge is -1.99. The smallest absolute Gasteiger partial charge is 0.192 e. The number of nitrogens with zero attached hydrogens (tertiary/aromatic N) is 4. The van der Waals surface area contributed by atoms with Gasteiger partial charge >= 0.3 is 0 Å². The molecule has 0 aromatic carbocycles. The van der Waals surface area contributed by atoms with Gasteiger partial charge in [0.2, 0.25) is 0 Å². The van der Waals surface area contributed by atoms with E-state index in [-0.39, 0.29) is 0 Å². The predicted octanol–water partition coefficient (Wildman–Crippen LogP) is 2.20. The number of hydrogen-bond acceptors (Lipinski definition) is 5. The first-order valence-electron chi connectivity index (χ1n) is 4.60. The molecule has 5 heteroatoms. The van der Waals surface area contributed by atoms with Gasteiger partial charge in [-0.3, -0.25) is 0 Å². The summed E-state index contributed by atoms with van der Waals surface area (Å²) in [5.41, 5.74) is 1.44. The van der Waals surface area contributed by atoms with Crippen LogP contribution in [0.15, 0.2) is 40.8 Å². The number of hydrogen-bond donors (Lipinski definition) is 0. The highest BCUT2D eigenvalue weighted by molar-refractivity contribution is 7.99. The third kappa shape index (κ3) is 2.55. The zero-order valence-corrected chi connectivity index (χ0v) is 9.40. The first-order chi connectivity index (χ1) is 7.78. The molecule has 0 aliphatic heterocycles. The number of pyridine rings is 1. The first-order valence-corrected chi connectivity index (χ1v) is 5.42. The molecule has 0 radical (unpaired) electrons. The molecule has 0 fully saturated rings. The molecule has 0 bridgehead atoms. The van der Waals surface area contributed by atoms with Gasteiger partial charge in [0.05, 0.1) is 0 Å². The summed E-state index contributed by atoms with van der Waals surface area (Å²) < 4.78 is 0. The number of nitriles is 1. The van der Waals surface area contributed by atoms with Gasteiger partial charge in [-0.1, -0.05) is 0 Å². The van der Waals surface area contributed by atoms with Crippen molar-refractivity contribution in [2.24, 2.45) is 0 Å². The van der Waals surface area contributed by atoms with Crippen LogP contribution in [0.4, 0.5) is 0 Å².